The van der Waals surface area contributed by atoms with Crippen LogP contribution in [0.1, 0.15) is 116 Å². The second-order valence-corrected chi connectivity index (χ2v) is 24.7. The molecule has 0 spiro atoms. The van der Waals surface area contributed by atoms with Crippen LogP contribution in [0, 0.1) is 105 Å². The topological polar surface area (TPSA) is 273 Å². The van der Waals surface area contributed by atoms with E-state index in [4.69, 9.17) is 35.0 Å². The number of halogens is 3. The summed E-state index contributed by atoms with van der Waals surface area (Å²) >= 11 is 3.69. The van der Waals surface area contributed by atoms with Crippen molar-refractivity contribution in [3.05, 3.63) is 221 Å². The molecule has 0 amide bonds. The van der Waals surface area contributed by atoms with E-state index in [1.165, 1.54) is 66.1 Å². The van der Waals surface area contributed by atoms with Crippen LogP contribution in [0.15, 0.2) is 161 Å². The third-order valence-corrected chi connectivity index (χ3v) is 16.7. The molecule has 0 aliphatic heterocycles. The Labute approximate surface area is 625 Å². The van der Waals surface area contributed by atoms with E-state index in [9.17, 15) is 37.8 Å². The molecule has 516 valence electrons. The number of rotatable bonds is 18. The summed E-state index contributed by atoms with van der Waals surface area (Å²) in [6.07, 6.45) is -2.60. The Kier molecular flexibility index (Phi) is 29.3. The summed E-state index contributed by atoms with van der Waals surface area (Å²) in [4.78, 5) is 67.5. The van der Waals surface area contributed by atoms with E-state index in [1.54, 1.807) is 53.8 Å². The van der Waals surface area contributed by atoms with Crippen molar-refractivity contribution in [2.75, 3.05) is 36.0 Å². The smallest absolute Gasteiger partial charge is 0.876 e. The van der Waals surface area contributed by atoms with Crippen LogP contribution < -0.4 is 20.0 Å². The number of aryl methyl sites for hydroxylation is 8. The van der Waals surface area contributed by atoms with Gasteiger partial charge in [-0.25, -0.2) is 18.7 Å². The van der Waals surface area contributed by atoms with Gasteiger partial charge in [0.15, 0.2) is 29.0 Å². The molecule has 9 aromatic heterocycles. The number of aliphatic hydroxyl groups is 1. The van der Waals surface area contributed by atoms with Crippen molar-refractivity contribution < 1.29 is 92.3 Å². The van der Waals surface area contributed by atoms with Crippen LogP contribution in [0.2, 0.25) is 0 Å². The molecule has 9 heterocycles. The number of thiophene rings is 3. The zero-order chi connectivity index (χ0) is 71.5. The molecule has 0 saturated heterocycles. The van der Waals surface area contributed by atoms with E-state index in [0.29, 0.717) is 45.2 Å². The Morgan fingerprint density at radius 3 is 0.970 bits per heavy atom. The molecule has 0 radical (unpaired) electrons. The molecule has 29 heteroatoms. The molecule has 2 aromatic carbocycles. The van der Waals surface area contributed by atoms with E-state index in [-0.39, 0.29) is 83.4 Å². The number of aromatic nitrogens is 14. The molecular weight excluding hydrogens is 1470 g/mol. The second-order valence-electron chi connectivity index (χ2n) is 21.9. The summed E-state index contributed by atoms with van der Waals surface area (Å²) in [5.41, 5.74) is 11.7. The molecule has 1 N–H and O–H groups in total. The van der Waals surface area contributed by atoms with E-state index < -0.39 is 17.7 Å². The summed E-state index contributed by atoms with van der Waals surface area (Å²) in [7, 11) is 0. The Morgan fingerprint density at radius 1 is 0.465 bits per heavy atom. The molecule has 0 aliphatic carbocycles. The van der Waals surface area contributed by atoms with Crippen molar-refractivity contribution >= 4 is 62.7 Å². The van der Waals surface area contributed by atoms with Crippen molar-refractivity contribution in [3.8, 4) is 46.6 Å². The summed E-state index contributed by atoms with van der Waals surface area (Å²) in [5, 5.41) is 53.1. The van der Waals surface area contributed by atoms with Crippen LogP contribution in [-0.4, -0.2) is 124 Å². The number of carbonyl (C=O) groups is 3. The average Bonchev–Trinajstić information content (AvgIpc) is 1.77. The average molecular weight is 1540 g/mol. The number of ketones is 3. The monoisotopic (exact) mass is 1540 g/mol. The number of carbonyl (C=O) groups excluding carboxylic acids is 3. The van der Waals surface area contributed by atoms with Crippen molar-refractivity contribution in [1.82, 2.24) is 69.0 Å². The third-order valence-electron chi connectivity index (χ3n) is 14.0. The van der Waals surface area contributed by atoms with Gasteiger partial charge in [0.25, 0.3) is 23.8 Å². The van der Waals surface area contributed by atoms with Gasteiger partial charge in [0.2, 0.25) is 0 Å². The Bertz CT molecular complexity index is 4160. The number of allylic oxidation sites excluding steroid dienone is 6. The molecule has 0 fully saturated rings. The fourth-order valence-corrected chi connectivity index (χ4v) is 11.4. The number of aliphatic hydroxyl groups excluding tert-OH is 1. The van der Waals surface area contributed by atoms with Gasteiger partial charge in [-0.3, -0.25) is 14.4 Å². The SMILES string of the molecule is CC(O)=CC(=O)c1cccs1.CC([O-])=CC(=O)c1cccs1.CCN(CC)c1ccc(-c2nc(-n3nc(C)cc3C)nc(-n3nc(C)cc3C)n2)cc1.CCN(CC)c1ccc(-c2nc(-n3nc(C)cc3C)nc(-n3nc(C)cc3C)n2)cc1.O=C(C=C([O-])C(F)(F)F)c1cccs1.[Eu+3]. The molecule has 22 nitrogen and oxygen atoms in total. The molecule has 0 unspecified atom stereocenters. The minimum atomic E-state index is -4.98. The van der Waals surface area contributed by atoms with Crippen molar-refractivity contribution in [2.24, 2.45) is 0 Å². The summed E-state index contributed by atoms with van der Waals surface area (Å²) in [6, 6.07) is 34.6. The summed E-state index contributed by atoms with van der Waals surface area (Å²) in [6.45, 7) is 31.1. The number of alkyl halides is 3. The van der Waals surface area contributed by atoms with E-state index in [1.807, 2.05) is 85.0 Å². The fourth-order valence-electron chi connectivity index (χ4n) is 9.54. The van der Waals surface area contributed by atoms with Crippen molar-refractivity contribution in [2.45, 2.75) is 103 Å². The largest absolute Gasteiger partial charge is 3.00 e. The minimum absolute atomic E-state index is 0. The van der Waals surface area contributed by atoms with Gasteiger partial charge in [0, 0.05) is 77.5 Å². The molecule has 0 aliphatic rings. The Morgan fingerprint density at radius 2 is 0.747 bits per heavy atom. The third kappa shape index (κ3) is 22.3. The van der Waals surface area contributed by atoms with Crippen LogP contribution in [0.3, 0.4) is 0 Å². The van der Waals surface area contributed by atoms with Crippen molar-refractivity contribution in [1.29, 1.82) is 0 Å². The van der Waals surface area contributed by atoms with Gasteiger partial charge in [-0.15, -0.1) is 39.8 Å². The number of hydrogen-bond acceptors (Lipinski definition) is 21. The maximum Gasteiger partial charge on any atom is 3.00 e. The van der Waals surface area contributed by atoms with Crippen LogP contribution in [0.5, 0.6) is 0 Å². The Balaban J connectivity index is 0.000000210. The number of anilines is 2. The van der Waals surface area contributed by atoms with Gasteiger partial charge in [-0.05, 0) is 215 Å². The molecule has 0 saturated carbocycles. The minimum Gasteiger partial charge on any atom is -0.876 e. The first-order valence-corrected chi connectivity index (χ1v) is 33.5. The van der Waals surface area contributed by atoms with Crippen molar-refractivity contribution in [3.63, 3.8) is 0 Å². The second kappa shape index (κ2) is 36.7. The van der Waals surface area contributed by atoms with Crippen LogP contribution in [0.4, 0.5) is 24.5 Å². The zero-order valence-corrected chi connectivity index (χ0v) is 61.9. The zero-order valence-electron chi connectivity index (χ0n) is 57.1. The summed E-state index contributed by atoms with van der Waals surface area (Å²) in [5.74, 6) is -0.455. The predicted octanol–water partition coefficient (Wildman–Crippen LogP) is 13.3. The Hall–Kier alpha value is -9.00. The van der Waals surface area contributed by atoms with Crippen LogP contribution in [0.25, 0.3) is 46.6 Å². The number of hydrogen-bond donors (Lipinski definition) is 1. The summed E-state index contributed by atoms with van der Waals surface area (Å²) < 4.78 is 42.2. The quantitative estimate of drug-likeness (QED) is 0.0475. The van der Waals surface area contributed by atoms with E-state index >= 15 is 0 Å². The van der Waals surface area contributed by atoms with Gasteiger partial charge in [0.1, 0.15) is 0 Å². The van der Waals surface area contributed by atoms with Gasteiger partial charge in [-0.1, -0.05) is 25.1 Å². The van der Waals surface area contributed by atoms with Gasteiger partial charge in [0.05, 0.1) is 43.2 Å². The normalized spacial score (nSPS) is 11.4. The fraction of sp³-hybridized carbons (Fsp3) is 0.271. The van der Waals surface area contributed by atoms with Gasteiger partial charge in [-0.2, -0.15) is 63.5 Å². The molecule has 0 atom stereocenters. The molecule has 11 aromatic rings. The van der Waals surface area contributed by atoms with Crippen LogP contribution >= 0.6 is 34.0 Å². The maximum atomic E-state index is 11.7. The first kappa shape index (κ1) is 79.0. The number of benzene rings is 2. The standard InChI is InChI=1S/2C23H28N8.C8H5F3O2S.2C8H8O2S.Eu/c2*1-7-29(8-2)20-11-9-19(10-12-20)21-24-22(30-17(5)13-15(3)27-30)26-23(25-21)31-18(6)14-16(4)28-31;9-8(10,11)7(13)4-5(12)6-2-1-3-14-6;2*1-6(9)5-7(10)8-3-2-4-11-8;/h2*9-14H,7-8H2,1-6H3;1-4,13H;2*2-5,9H,1H3;/q;;;;;+3/p-2. The van der Waals surface area contributed by atoms with Gasteiger partial charge < -0.3 is 25.1 Å². The molecule has 0 bridgehead atoms. The van der Waals surface area contributed by atoms with Crippen LogP contribution in [-0.2, 0) is 0 Å². The first-order valence-electron chi connectivity index (χ1n) is 30.9. The van der Waals surface area contributed by atoms with Gasteiger partial charge >= 0.3 is 55.6 Å². The van der Waals surface area contributed by atoms with E-state index in [2.05, 4.69) is 106 Å². The molecule has 99 heavy (non-hydrogen) atoms. The molecular formula is C70H75EuF3N16O6S3+. The maximum absolute atomic E-state index is 11.7. The van der Waals surface area contributed by atoms with E-state index in [0.717, 1.165) is 100 Å². The number of nitrogens with zero attached hydrogens (tertiary/aromatic N) is 16. The first-order chi connectivity index (χ1) is 46.6. The predicted molar refractivity (Wildman–Crippen MR) is 374 cm³/mol. The molecule has 11 rings (SSSR count).